The van der Waals surface area contributed by atoms with Gasteiger partial charge in [-0.1, -0.05) is 11.6 Å². The van der Waals surface area contributed by atoms with Crippen molar-refractivity contribution in [3.05, 3.63) is 50.8 Å². The number of rotatable bonds is 4. The number of carbonyl (C=O) groups is 2. The largest absolute Gasteiger partial charge is 0.478 e. The maximum atomic E-state index is 12.1. The van der Waals surface area contributed by atoms with E-state index in [-0.39, 0.29) is 27.7 Å². The van der Waals surface area contributed by atoms with E-state index < -0.39 is 16.8 Å². The summed E-state index contributed by atoms with van der Waals surface area (Å²) < 4.78 is 1.19. The summed E-state index contributed by atoms with van der Waals surface area (Å²) in [6.45, 7) is 0. The van der Waals surface area contributed by atoms with Crippen LogP contribution >= 0.6 is 11.6 Å². The van der Waals surface area contributed by atoms with Crippen LogP contribution in [0.1, 0.15) is 20.8 Å². The third-order valence-corrected chi connectivity index (χ3v) is 3.00. The first kappa shape index (κ1) is 15.4. The molecule has 0 radical (unpaired) electrons. The van der Waals surface area contributed by atoms with Crippen LogP contribution in [-0.4, -0.2) is 31.7 Å². The lowest BCUT2D eigenvalue weighted by atomic mass is 10.2. The van der Waals surface area contributed by atoms with E-state index in [9.17, 15) is 19.7 Å². The Hall–Kier alpha value is -2.94. The summed E-state index contributed by atoms with van der Waals surface area (Å²) in [6, 6.07) is 3.49. The van der Waals surface area contributed by atoms with Gasteiger partial charge in [-0.2, -0.15) is 5.10 Å². The van der Waals surface area contributed by atoms with Crippen LogP contribution in [0.15, 0.2) is 24.4 Å². The molecule has 0 saturated carbocycles. The van der Waals surface area contributed by atoms with Crippen molar-refractivity contribution in [1.82, 2.24) is 9.78 Å². The van der Waals surface area contributed by atoms with Gasteiger partial charge in [0.25, 0.3) is 11.6 Å². The molecule has 114 valence electrons. The highest BCUT2D eigenvalue weighted by atomic mass is 35.5. The lowest BCUT2D eigenvalue weighted by molar-refractivity contribution is -0.384. The van der Waals surface area contributed by atoms with Crippen molar-refractivity contribution >= 4 is 34.9 Å². The van der Waals surface area contributed by atoms with E-state index >= 15 is 0 Å². The fraction of sp³-hybridized carbons (Fsp3) is 0.0833. The third kappa shape index (κ3) is 3.04. The summed E-state index contributed by atoms with van der Waals surface area (Å²) in [5.74, 6) is -2.08. The number of amides is 1. The smallest absolute Gasteiger partial charge is 0.339 e. The number of halogens is 1. The molecule has 0 unspecified atom stereocenters. The van der Waals surface area contributed by atoms with Gasteiger partial charge in [0.15, 0.2) is 5.69 Å². The van der Waals surface area contributed by atoms with Crippen LogP contribution in [0, 0.1) is 10.1 Å². The number of nitro benzene ring substituents is 1. The summed E-state index contributed by atoms with van der Waals surface area (Å²) in [6.07, 6.45) is 1.19. The van der Waals surface area contributed by atoms with Crippen molar-refractivity contribution in [3.8, 4) is 0 Å². The Balaban J connectivity index is 2.30. The number of carbonyl (C=O) groups excluding carboxylic acids is 1. The highest BCUT2D eigenvalue weighted by Crippen LogP contribution is 2.27. The fourth-order valence-corrected chi connectivity index (χ4v) is 1.94. The van der Waals surface area contributed by atoms with E-state index in [1.807, 2.05) is 0 Å². The predicted octanol–water partition coefficient (Wildman–Crippen LogP) is 1.93. The Kier molecular flexibility index (Phi) is 4.08. The quantitative estimate of drug-likeness (QED) is 0.653. The molecule has 1 heterocycles. The molecule has 0 saturated heterocycles. The molecular weight excluding hydrogens is 316 g/mol. The molecule has 22 heavy (non-hydrogen) atoms. The molecule has 0 spiro atoms. The number of aromatic nitrogens is 2. The maximum absolute atomic E-state index is 12.1. The summed E-state index contributed by atoms with van der Waals surface area (Å²) in [7, 11) is 1.47. The van der Waals surface area contributed by atoms with Crippen molar-refractivity contribution in [1.29, 1.82) is 0 Å². The molecule has 1 aromatic carbocycles. The summed E-state index contributed by atoms with van der Waals surface area (Å²) in [5.41, 5.74) is -0.672. The Labute approximate surface area is 128 Å². The van der Waals surface area contributed by atoms with Gasteiger partial charge in [0.2, 0.25) is 0 Å². The van der Waals surface area contributed by atoms with Gasteiger partial charge in [0.1, 0.15) is 5.56 Å². The minimum absolute atomic E-state index is 0.0460. The van der Waals surface area contributed by atoms with Crippen molar-refractivity contribution in [2.24, 2.45) is 7.05 Å². The number of aromatic carboxylic acids is 1. The Morgan fingerprint density at radius 3 is 2.68 bits per heavy atom. The molecule has 1 aromatic heterocycles. The second kappa shape index (κ2) is 5.82. The van der Waals surface area contributed by atoms with Crippen LogP contribution in [0.4, 0.5) is 11.4 Å². The molecule has 0 aliphatic heterocycles. The monoisotopic (exact) mass is 324 g/mol. The van der Waals surface area contributed by atoms with Crippen molar-refractivity contribution < 1.29 is 19.6 Å². The molecular formula is C12H9ClN4O5. The standard InChI is InChI=1S/C12H9ClN4O5/c1-16-5-7(12(19)20)10(15-16)11(18)14-9-3-2-6(17(21)22)4-8(9)13/h2-5H,1H3,(H,14,18)(H,19,20). The second-order valence-corrected chi connectivity index (χ2v) is 4.65. The highest BCUT2D eigenvalue weighted by molar-refractivity contribution is 6.34. The topological polar surface area (TPSA) is 127 Å². The van der Waals surface area contributed by atoms with Gasteiger partial charge in [-0.05, 0) is 6.07 Å². The molecule has 9 nitrogen and oxygen atoms in total. The minimum Gasteiger partial charge on any atom is -0.478 e. The van der Waals surface area contributed by atoms with Crippen molar-refractivity contribution in [2.45, 2.75) is 0 Å². The lowest BCUT2D eigenvalue weighted by Gasteiger charge is -2.06. The van der Waals surface area contributed by atoms with Crippen LogP contribution in [0.5, 0.6) is 0 Å². The Morgan fingerprint density at radius 1 is 1.45 bits per heavy atom. The zero-order valence-electron chi connectivity index (χ0n) is 11.1. The number of nitro groups is 1. The van der Waals surface area contributed by atoms with Gasteiger partial charge in [0, 0.05) is 25.4 Å². The predicted molar refractivity (Wildman–Crippen MR) is 76.2 cm³/mol. The van der Waals surface area contributed by atoms with Crippen molar-refractivity contribution in [2.75, 3.05) is 5.32 Å². The molecule has 2 N–H and O–H groups in total. The van der Waals surface area contributed by atoms with Crippen LogP contribution < -0.4 is 5.32 Å². The molecule has 2 aromatic rings. The van der Waals surface area contributed by atoms with Gasteiger partial charge in [0.05, 0.1) is 15.6 Å². The molecule has 0 fully saturated rings. The lowest BCUT2D eigenvalue weighted by Crippen LogP contribution is -2.16. The first-order valence-electron chi connectivity index (χ1n) is 5.82. The van der Waals surface area contributed by atoms with Crippen LogP contribution in [0.2, 0.25) is 5.02 Å². The Morgan fingerprint density at radius 2 is 2.14 bits per heavy atom. The number of hydrogen-bond acceptors (Lipinski definition) is 5. The molecule has 0 aliphatic carbocycles. The number of hydrogen-bond donors (Lipinski definition) is 2. The number of carboxylic acid groups (broad SMARTS) is 1. The normalized spacial score (nSPS) is 10.3. The SMILES string of the molecule is Cn1cc(C(=O)O)c(C(=O)Nc2ccc([N+](=O)[O-])cc2Cl)n1. The molecule has 10 heteroatoms. The number of aryl methyl sites for hydroxylation is 1. The van der Waals surface area contributed by atoms with Gasteiger partial charge in [-0.25, -0.2) is 4.79 Å². The van der Waals surface area contributed by atoms with E-state index in [2.05, 4.69) is 10.4 Å². The number of nitrogens with one attached hydrogen (secondary N) is 1. The third-order valence-electron chi connectivity index (χ3n) is 2.69. The zero-order chi connectivity index (χ0) is 16.4. The average Bonchev–Trinajstić information content (AvgIpc) is 2.83. The van der Waals surface area contributed by atoms with E-state index in [1.165, 1.54) is 24.0 Å². The van der Waals surface area contributed by atoms with Crippen LogP contribution in [-0.2, 0) is 7.05 Å². The first-order chi connectivity index (χ1) is 10.3. The average molecular weight is 325 g/mol. The fourth-order valence-electron chi connectivity index (χ4n) is 1.71. The van der Waals surface area contributed by atoms with Gasteiger partial charge in [-0.3, -0.25) is 19.6 Å². The van der Waals surface area contributed by atoms with Gasteiger partial charge in [-0.15, -0.1) is 0 Å². The van der Waals surface area contributed by atoms with Gasteiger partial charge >= 0.3 is 5.97 Å². The van der Waals surface area contributed by atoms with E-state index in [1.54, 1.807) is 0 Å². The van der Waals surface area contributed by atoms with Gasteiger partial charge < -0.3 is 10.4 Å². The summed E-state index contributed by atoms with van der Waals surface area (Å²) in [4.78, 5) is 33.1. The van der Waals surface area contributed by atoms with E-state index in [0.29, 0.717) is 0 Å². The molecule has 0 atom stereocenters. The first-order valence-corrected chi connectivity index (χ1v) is 6.19. The number of nitrogens with zero attached hydrogens (tertiary/aromatic N) is 3. The zero-order valence-corrected chi connectivity index (χ0v) is 11.9. The number of benzene rings is 1. The number of carboxylic acids is 1. The molecule has 1 amide bonds. The maximum Gasteiger partial charge on any atom is 0.339 e. The number of anilines is 1. The second-order valence-electron chi connectivity index (χ2n) is 4.25. The molecule has 0 bridgehead atoms. The summed E-state index contributed by atoms with van der Waals surface area (Å²) in [5, 5.41) is 25.7. The number of non-ortho nitro benzene ring substituents is 1. The molecule has 0 aliphatic rings. The van der Waals surface area contributed by atoms with Crippen LogP contribution in [0.3, 0.4) is 0 Å². The van der Waals surface area contributed by atoms with Crippen molar-refractivity contribution in [3.63, 3.8) is 0 Å². The highest BCUT2D eigenvalue weighted by Gasteiger charge is 2.22. The van der Waals surface area contributed by atoms with Crippen LogP contribution in [0.25, 0.3) is 0 Å². The Bertz CT molecular complexity index is 786. The summed E-state index contributed by atoms with van der Waals surface area (Å²) >= 11 is 5.85. The molecule has 2 rings (SSSR count). The van der Waals surface area contributed by atoms with E-state index in [0.717, 1.165) is 12.1 Å². The minimum atomic E-state index is -1.30. The van der Waals surface area contributed by atoms with E-state index in [4.69, 9.17) is 16.7 Å².